The topological polar surface area (TPSA) is 46.6 Å². The van der Waals surface area contributed by atoms with Gasteiger partial charge in [0.25, 0.3) is 0 Å². The lowest BCUT2D eigenvalue weighted by molar-refractivity contribution is -0.129. The van der Waals surface area contributed by atoms with Gasteiger partial charge in [-0.15, -0.1) is 0 Å². The Labute approximate surface area is 133 Å². The fourth-order valence-corrected chi connectivity index (χ4v) is 4.57. The number of carbonyl (C=O) groups excluding carboxylic acids is 2. The van der Waals surface area contributed by atoms with Gasteiger partial charge in [-0.2, -0.15) is 0 Å². The Morgan fingerprint density at radius 1 is 0.909 bits per heavy atom. The number of ketones is 1. The van der Waals surface area contributed by atoms with Gasteiger partial charge in [0.15, 0.2) is 0 Å². The van der Waals surface area contributed by atoms with Crippen LogP contribution in [0.4, 0.5) is 4.79 Å². The summed E-state index contributed by atoms with van der Waals surface area (Å²) in [6, 6.07) is 0.424. The van der Waals surface area contributed by atoms with Crippen molar-refractivity contribution >= 4 is 11.9 Å². The van der Waals surface area contributed by atoms with Crippen molar-refractivity contribution < 1.29 is 14.3 Å². The molecule has 0 aromatic rings. The fourth-order valence-electron chi connectivity index (χ4n) is 4.57. The molecule has 2 atom stereocenters. The van der Waals surface area contributed by atoms with E-state index >= 15 is 0 Å². The molecule has 0 spiro atoms. The number of nitrogens with zero attached hydrogens (tertiary/aromatic N) is 1. The van der Waals surface area contributed by atoms with E-state index in [1.54, 1.807) is 0 Å². The number of hydrogen-bond donors (Lipinski definition) is 0. The average molecular weight is 307 g/mol. The van der Waals surface area contributed by atoms with E-state index in [0.717, 1.165) is 38.5 Å². The maximum Gasteiger partial charge on any atom is 0.410 e. The van der Waals surface area contributed by atoms with Crippen LogP contribution in [0.5, 0.6) is 0 Å². The minimum absolute atomic E-state index is 0.180. The van der Waals surface area contributed by atoms with E-state index in [-0.39, 0.29) is 24.1 Å². The molecule has 2 heterocycles. The molecule has 2 aliphatic heterocycles. The first kappa shape index (κ1) is 15.8. The molecule has 0 aromatic carbocycles. The highest BCUT2D eigenvalue weighted by Crippen LogP contribution is 2.42. The summed E-state index contributed by atoms with van der Waals surface area (Å²) in [6.07, 6.45) is 8.15. The monoisotopic (exact) mass is 307 g/mol. The Morgan fingerprint density at radius 2 is 1.45 bits per heavy atom. The van der Waals surface area contributed by atoms with Gasteiger partial charge in [0.05, 0.1) is 0 Å². The minimum atomic E-state index is -0.451. The van der Waals surface area contributed by atoms with E-state index in [2.05, 4.69) is 0 Å². The molecule has 0 aromatic heterocycles. The Balaban J connectivity index is 1.64. The molecule has 0 radical (unpaired) electrons. The lowest BCUT2D eigenvalue weighted by atomic mass is 9.82. The van der Waals surface area contributed by atoms with Crippen LogP contribution in [0.2, 0.25) is 0 Å². The zero-order chi connectivity index (χ0) is 15.9. The van der Waals surface area contributed by atoms with Crippen molar-refractivity contribution in [1.82, 2.24) is 4.90 Å². The molecular formula is C18H29NO3. The number of ether oxygens (including phenoxy) is 1. The molecule has 0 N–H and O–H groups in total. The van der Waals surface area contributed by atoms with Crippen molar-refractivity contribution in [3.8, 4) is 0 Å². The van der Waals surface area contributed by atoms with Crippen molar-refractivity contribution in [3.63, 3.8) is 0 Å². The van der Waals surface area contributed by atoms with Crippen LogP contribution in [0, 0.1) is 11.8 Å². The summed E-state index contributed by atoms with van der Waals surface area (Å²) in [5.41, 5.74) is -0.451. The molecule has 1 saturated carbocycles. The third-order valence-electron chi connectivity index (χ3n) is 5.50. The Kier molecular flexibility index (Phi) is 4.21. The summed E-state index contributed by atoms with van der Waals surface area (Å²) >= 11 is 0. The van der Waals surface area contributed by atoms with Crippen LogP contribution in [0.25, 0.3) is 0 Å². The summed E-state index contributed by atoms with van der Waals surface area (Å²) < 4.78 is 5.56. The Morgan fingerprint density at radius 3 is 1.95 bits per heavy atom. The third-order valence-corrected chi connectivity index (χ3v) is 5.50. The molecule has 2 bridgehead atoms. The molecule has 22 heavy (non-hydrogen) atoms. The van der Waals surface area contributed by atoms with Gasteiger partial charge in [-0.3, -0.25) is 4.79 Å². The second kappa shape index (κ2) is 5.86. The van der Waals surface area contributed by atoms with Crippen molar-refractivity contribution in [1.29, 1.82) is 0 Å². The van der Waals surface area contributed by atoms with Crippen LogP contribution in [0.15, 0.2) is 0 Å². The van der Waals surface area contributed by atoms with Gasteiger partial charge in [-0.25, -0.2) is 4.79 Å². The fraction of sp³-hybridized carbons (Fsp3) is 0.889. The summed E-state index contributed by atoms with van der Waals surface area (Å²) in [6.45, 7) is 5.72. The van der Waals surface area contributed by atoms with Crippen LogP contribution < -0.4 is 0 Å². The molecule has 2 saturated heterocycles. The maximum atomic E-state index is 12.7. The van der Waals surface area contributed by atoms with Gasteiger partial charge in [0.1, 0.15) is 11.4 Å². The van der Waals surface area contributed by atoms with Gasteiger partial charge >= 0.3 is 6.09 Å². The normalized spacial score (nSPS) is 32.3. The van der Waals surface area contributed by atoms with Crippen LogP contribution in [0.1, 0.15) is 72.1 Å². The van der Waals surface area contributed by atoms with E-state index in [1.807, 2.05) is 25.7 Å². The Bertz CT molecular complexity index is 434. The minimum Gasteiger partial charge on any atom is -0.444 e. The van der Waals surface area contributed by atoms with E-state index in [1.165, 1.54) is 12.8 Å². The van der Waals surface area contributed by atoms with E-state index in [0.29, 0.717) is 11.7 Å². The largest absolute Gasteiger partial charge is 0.444 e. The van der Waals surface area contributed by atoms with Crippen LogP contribution in [-0.2, 0) is 9.53 Å². The molecule has 2 unspecified atom stereocenters. The molecule has 4 heteroatoms. The summed E-state index contributed by atoms with van der Waals surface area (Å²) in [7, 11) is 0. The van der Waals surface area contributed by atoms with Crippen LogP contribution in [-0.4, -0.2) is 34.5 Å². The van der Waals surface area contributed by atoms with Crippen molar-refractivity contribution in [2.45, 2.75) is 89.8 Å². The molecule has 1 amide bonds. The first-order valence-corrected chi connectivity index (χ1v) is 8.90. The predicted molar refractivity (Wildman–Crippen MR) is 84.6 cm³/mol. The number of Topliss-reactive ketones (excluding diaryl/α,β-unsaturated/α-hetero) is 1. The molecule has 124 valence electrons. The predicted octanol–water partition coefficient (Wildman–Crippen LogP) is 3.92. The van der Waals surface area contributed by atoms with Gasteiger partial charge in [-0.1, -0.05) is 12.8 Å². The van der Waals surface area contributed by atoms with Crippen molar-refractivity contribution in [3.05, 3.63) is 0 Å². The maximum absolute atomic E-state index is 12.7. The Hall–Kier alpha value is -1.06. The number of amides is 1. The summed E-state index contributed by atoms with van der Waals surface area (Å²) in [4.78, 5) is 27.1. The molecule has 3 fully saturated rings. The molecular weight excluding hydrogens is 278 g/mol. The van der Waals surface area contributed by atoms with Crippen molar-refractivity contribution in [2.24, 2.45) is 11.8 Å². The molecule has 4 nitrogen and oxygen atoms in total. The lowest BCUT2D eigenvalue weighted by Gasteiger charge is -2.39. The highest BCUT2D eigenvalue weighted by molar-refractivity contribution is 5.84. The highest BCUT2D eigenvalue weighted by Gasteiger charge is 2.47. The van der Waals surface area contributed by atoms with Gasteiger partial charge in [0.2, 0.25) is 0 Å². The average Bonchev–Trinajstić information content (AvgIpc) is 3.03. The van der Waals surface area contributed by atoms with Crippen molar-refractivity contribution in [2.75, 3.05) is 0 Å². The number of hydrogen-bond acceptors (Lipinski definition) is 3. The molecule has 3 aliphatic rings. The second-order valence-corrected chi connectivity index (χ2v) is 8.32. The first-order valence-electron chi connectivity index (χ1n) is 8.90. The number of piperidine rings is 1. The van der Waals surface area contributed by atoms with Gasteiger partial charge in [0, 0.05) is 23.9 Å². The number of rotatable bonds is 2. The summed E-state index contributed by atoms with van der Waals surface area (Å²) in [5.74, 6) is 0.968. The summed E-state index contributed by atoms with van der Waals surface area (Å²) in [5, 5.41) is 0. The molecule has 3 rings (SSSR count). The van der Waals surface area contributed by atoms with Crippen LogP contribution >= 0.6 is 0 Å². The first-order chi connectivity index (χ1) is 10.3. The SMILES string of the molecule is CC(C)(C)OC(=O)N1C2CCC1CC(C(=O)C1CCCC1)C2. The van der Waals surface area contributed by atoms with E-state index in [9.17, 15) is 9.59 Å². The third kappa shape index (κ3) is 3.16. The standard InChI is InChI=1S/C18H29NO3/c1-18(2,3)22-17(21)19-14-8-9-15(19)11-13(10-14)16(20)12-6-4-5-7-12/h12-15H,4-11H2,1-3H3. The van der Waals surface area contributed by atoms with E-state index in [4.69, 9.17) is 4.74 Å². The van der Waals surface area contributed by atoms with Gasteiger partial charge in [-0.05, 0) is 59.3 Å². The zero-order valence-corrected chi connectivity index (χ0v) is 14.1. The quantitative estimate of drug-likeness (QED) is 0.776. The molecule has 1 aliphatic carbocycles. The van der Waals surface area contributed by atoms with Crippen LogP contribution in [0.3, 0.4) is 0 Å². The second-order valence-electron chi connectivity index (χ2n) is 8.32. The van der Waals surface area contributed by atoms with E-state index < -0.39 is 5.60 Å². The lowest BCUT2D eigenvalue weighted by Crippen LogP contribution is -2.50. The smallest absolute Gasteiger partial charge is 0.410 e. The van der Waals surface area contributed by atoms with Gasteiger partial charge < -0.3 is 9.64 Å². The number of fused-ring (bicyclic) bond motifs is 2. The zero-order valence-electron chi connectivity index (χ0n) is 14.1. The number of carbonyl (C=O) groups is 2. The highest BCUT2D eigenvalue weighted by atomic mass is 16.6.